The Hall–Kier alpha value is -0.850. The Morgan fingerprint density at radius 1 is 1.17 bits per heavy atom. The molecule has 0 fully saturated rings. The molecule has 12 heavy (non-hydrogen) atoms. The topological polar surface area (TPSA) is 0 Å². The summed E-state index contributed by atoms with van der Waals surface area (Å²) in [6.07, 6.45) is 2.17. The molecule has 1 aromatic carbocycles. The van der Waals surface area contributed by atoms with E-state index in [9.17, 15) is 4.39 Å². The van der Waals surface area contributed by atoms with Crippen molar-refractivity contribution in [3.63, 3.8) is 0 Å². The van der Waals surface area contributed by atoms with Crippen molar-refractivity contribution in [2.24, 2.45) is 0 Å². The van der Waals surface area contributed by atoms with Gasteiger partial charge in [0.25, 0.3) is 0 Å². The van der Waals surface area contributed by atoms with Crippen molar-refractivity contribution in [3.8, 4) is 0 Å². The van der Waals surface area contributed by atoms with Crippen molar-refractivity contribution >= 4 is 0 Å². The third-order valence-corrected chi connectivity index (χ3v) is 2.16. The highest BCUT2D eigenvalue weighted by atomic mass is 19.1. The lowest BCUT2D eigenvalue weighted by Gasteiger charge is -2.08. The molecule has 1 heteroatoms. The first kappa shape index (κ1) is 9.24. The van der Waals surface area contributed by atoms with Crippen LogP contribution in [0.25, 0.3) is 0 Å². The van der Waals surface area contributed by atoms with Gasteiger partial charge >= 0.3 is 0 Å². The maximum Gasteiger partial charge on any atom is 0.123 e. The molecule has 0 atom stereocenters. The molecule has 0 saturated heterocycles. The summed E-state index contributed by atoms with van der Waals surface area (Å²) in [5.74, 6) is -0.121. The molecular formula is C11H15F. The SMILES string of the molecule is CCCc1c(C)cc(F)cc1C. The number of rotatable bonds is 2. The minimum atomic E-state index is -0.121. The largest absolute Gasteiger partial charge is 0.207 e. The molecule has 0 spiro atoms. The lowest BCUT2D eigenvalue weighted by molar-refractivity contribution is 0.623. The molecular weight excluding hydrogens is 151 g/mol. The molecule has 0 saturated carbocycles. The highest BCUT2D eigenvalue weighted by Gasteiger charge is 2.03. The molecule has 0 amide bonds. The molecule has 0 aliphatic rings. The number of hydrogen-bond acceptors (Lipinski definition) is 0. The van der Waals surface area contributed by atoms with Crippen LogP contribution in [-0.4, -0.2) is 0 Å². The van der Waals surface area contributed by atoms with Gasteiger partial charge in [-0.3, -0.25) is 0 Å². The van der Waals surface area contributed by atoms with E-state index in [0.717, 1.165) is 24.0 Å². The lowest BCUT2D eigenvalue weighted by atomic mass is 9.99. The Bertz CT molecular complexity index is 253. The van der Waals surface area contributed by atoms with E-state index in [-0.39, 0.29) is 5.82 Å². The average molecular weight is 166 g/mol. The van der Waals surface area contributed by atoms with Gasteiger partial charge in [-0.05, 0) is 49.1 Å². The minimum Gasteiger partial charge on any atom is -0.207 e. The van der Waals surface area contributed by atoms with Crippen LogP contribution in [0, 0.1) is 19.7 Å². The van der Waals surface area contributed by atoms with Crippen molar-refractivity contribution in [2.45, 2.75) is 33.6 Å². The van der Waals surface area contributed by atoms with Gasteiger partial charge in [0.05, 0.1) is 0 Å². The summed E-state index contributed by atoms with van der Waals surface area (Å²) in [4.78, 5) is 0. The third-order valence-electron chi connectivity index (χ3n) is 2.16. The summed E-state index contributed by atoms with van der Waals surface area (Å²) >= 11 is 0. The Labute approximate surface area is 73.4 Å². The molecule has 1 rings (SSSR count). The Morgan fingerprint density at radius 3 is 2.08 bits per heavy atom. The van der Waals surface area contributed by atoms with Gasteiger partial charge in [0, 0.05) is 0 Å². The first-order chi connectivity index (χ1) is 5.65. The predicted octanol–water partition coefficient (Wildman–Crippen LogP) is 3.40. The van der Waals surface area contributed by atoms with Crippen LogP contribution in [0.1, 0.15) is 30.0 Å². The van der Waals surface area contributed by atoms with Crippen molar-refractivity contribution < 1.29 is 4.39 Å². The van der Waals surface area contributed by atoms with Gasteiger partial charge in [0.2, 0.25) is 0 Å². The van der Waals surface area contributed by atoms with Crippen LogP contribution in [0.3, 0.4) is 0 Å². The van der Waals surface area contributed by atoms with E-state index in [0.29, 0.717) is 0 Å². The zero-order valence-electron chi connectivity index (χ0n) is 7.95. The van der Waals surface area contributed by atoms with Crippen molar-refractivity contribution in [1.82, 2.24) is 0 Å². The summed E-state index contributed by atoms with van der Waals surface area (Å²) in [6.45, 7) is 6.09. The number of aryl methyl sites for hydroxylation is 2. The molecule has 0 aliphatic carbocycles. The van der Waals surface area contributed by atoms with Gasteiger partial charge in [0.1, 0.15) is 5.82 Å². The van der Waals surface area contributed by atoms with Gasteiger partial charge in [-0.1, -0.05) is 13.3 Å². The van der Waals surface area contributed by atoms with Crippen LogP contribution in [0.4, 0.5) is 4.39 Å². The fourth-order valence-corrected chi connectivity index (χ4v) is 1.58. The van der Waals surface area contributed by atoms with Gasteiger partial charge in [-0.25, -0.2) is 4.39 Å². The van der Waals surface area contributed by atoms with Crippen molar-refractivity contribution in [3.05, 3.63) is 34.6 Å². The predicted molar refractivity (Wildman–Crippen MR) is 49.9 cm³/mol. The maximum atomic E-state index is 12.8. The van der Waals surface area contributed by atoms with Gasteiger partial charge < -0.3 is 0 Å². The number of benzene rings is 1. The zero-order chi connectivity index (χ0) is 9.14. The van der Waals surface area contributed by atoms with Gasteiger partial charge in [-0.2, -0.15) is 0 Å². The molecule has 0 aliphatic heterocycles. The van der Waals surface area contributed by atoms with Crippen LogP contribution in [0.15, 0.2) is 12.1 Å². The quantitative estimate of drug-likeness (QED) is 0.631. The van der Waals surface area contributed by atoms with E-state index in [2.05, 4.69) is 6.92 Å². The molecule has 0 unspecified atom stereocenters. The Balaban J connectivity index is 3.10. The summed E-state index contributed by atoms with van der Waals surface area (Å²) in [6, 6.07) is 3.22. The fourth-order valence-electron chi connectivity index (χ4n) is 1.58. The summed E-state index contributed by atoms with van der Waals surface area (Å²) < 4.78 is 12.8. The first-order valence-electron chi connectivity index (χ1n) is 4.40. The van der Waals surface area contributed by atoms with Crippen molar-refractivity contribution in [1.29, 1.82) is 0 Å². The van der Waals surface area contributed by atoms with Gasteiger partial charge in [0.15, 0.2) is 0 Å². The molecule has 1 aromatic rings. The fraction of sp³-hybridized carbons (Fsp3) is 0.455. The van der Waals surface area contributed by atoms with Crippen LogP contribution in [0.5, 0.6) is 0 Å². The van der Waals surface area contributed by atoms with E-state index < -0.39 is 0 Å². The van der Waals surface area contributed by atoms with E-state index in [4.69, 9.17) is 0 Å². The maximum absolute atomic E-state index is 12.8. The van der Waals surface area contributed by atoms with E-state index in [1.165, 1.54) is 5.56 Å². The second-order valence-electron chi connectivity index (χ2n) is 3.27. The average Bonchev–Trinajstić information content (AvgIpc) is 1.96. The normalized spacial score (nSPS) is 10.3. The number of hydrogen-bond donors (Lipinski definition) is 0. The summed E-state index contributed by atoms with van der Waals surface area (Å²) in [5.41, 5.74) is 3.46. The third kappa shape index (κ3) is 1.84. The molecule has 66 valence electrons. The smallest absolute Gasteiger partial charge is 0.123 e. The molecule has 0 heterocycles. The standard InChI is InChI=1S/C11H15F/c1-4-5-11-8(2)6-10(12)7-9(11)3/h6-7H,4-5H2,1-3H3. The lowest BCUT2D eigenvalue weighted by Crippen LogP contribution is -1.94. The molecule has 0 aromatic heterocycles. The van der Waals surface area contributed by atoms with E-state index >= 15 is 0 Å². The van der Waals surface area contributed by atoms with Crippen LogP contribution < -0.4 is 0 Å². The Kier molecular flexibility index (Phi) is 2.85. The van der Waals surface area contributed by atoms with Crippen LogP contribution in [-0.2, 0) is 6.42 Å². The second kappa shape index (κ2) is 3.70. The monoisotopic (exact) mass is 166 g/mol. The van der Waals surface area contributed by atoms with Crippen LogP contribution >= 0.6 is 0 Å². The van der Waals surface area contributed by atoms with E-state index in [1.807, 2.05) is 13.8 Å². The first-order valence-corrected chi connectivity index (χ1v) is 4.40. The second-order valence-corrected chi connectivity index (χ2v) is 3.27. The molecule has 0 radical (unpaired) electrons. The molecule has 0 N–H and O–H groups in total. The Morgan fingerprint density at radius 2 is 1.67 bits per heavy atom. The van der Waals surface area contributed by atoms with Crippen molar-refractivity contribution in [2.75, 3.05) is 0 Å². The highest BCUT2D eigenvalue weighted by Crippen LogP contribution is 2.17. The molecule has 0 bridgehead atoms. The summed E-state index contributed by atoms with van der Waals surface area (Å²) in [7, 11) is 0. The van der Waals surface area contributed by atoms with Crippen LogP contribution in [0.2, 0.25) is 0 Å². The van der Waals surface area contributed by atoms with E-state index in [1.54, 1.807) is 12.1 Å². The minimum absolute atomic E-state index is 0.121. The summed E-state index contributed by atoms with van der Waals surface area (Å²) in [5, 5.41) is 0. The zero-order valence-corrected chi connectivity index (χ0v) is 7.95. The van der Waals surface area contributed by atoms with Gasteiger partial charge in [-0.15, -0.1) is 0 Å². The number of halogens is 1. The highest BCUT2D eigenvalue weighted by molar-refractivity contribution is 5.34. The molecule has 0 nitrogen and oxygen atoms in total.